The maximum Gasteiger partial charge on any atom is 0.400 e. The largest absolute Gasteiger partial charge is 0.462 e. The predicted octanol–water partition coefficient (Wildman–Crippen LogP) is 6.66. The first-order valence-electron chi connectivity index (χ1n) is 13.8. The number of rotatable bonds is 16. The lowest BCUT2D eigenvalue weighted by Crippen LogP contribution is -2.35. The van der Waals surface area contributed by atoms with Crippen molar-refractivity contribution >= 4 is 11.9 Å². The number of ether oxygens (including phenoxy) is 3. The lowest BCUT2D eigenvalue weighted by atomic mass is 9.77. The maximum atomic E-state index is 15.0. The molecule has 0 aliphatic heterocycles. The Bertz CT molecular complexity index is 870. The summed E-state index contributed by atoms with van der Waals surface area (Å²) in [6.45, 7) is 10.2. The molecule has 0 saturated heterocycles. The molecule has 38 heavy (non-hydrogen) atoms. The molecular formula is C30H44F2O6. The highest BCUT2D eigenvalue weighted by atomic mass is 19.3. The molecule has 0 bridgehead atoms. The van der Waals surface area contributed by atoms with Crippen LogP contribution in [0.2, 0.25) is 0 Å². The molecule has 0 aromatic heterocycles. The molecule has 0 aromatic rings. The molecule has 2 rings (SSSR count). The summed E-state index contributed by atoms with van der Waals surface area (Å²) in [5.41, 5.74) is 0.187. The van der Waals surface area contributed by atoms with Gasteiger partial charge >= 0.3 is 18.0 Å². The number of carbonyl (C=O) groups is 2. The average Bonchev–Trinajstić information content (AvgIpc) is 2.90. The van der Waals surface area contributed by atoms with Crippen LogP contribution in [-0.4, -0.2) is 43.0 Å². The summed E-state index contributed by atoms with van der Waals surface area (Å²) in [6, 6.07) is 0. The van der Waals surface area contributed by atoms with Gasteiger partial charge in [-0.15, -0.1) is 0 Å². The third kappa shape index (κ3) is 10.7. The normalized spacial score (nSPS) is 22.2. The van der Waals surface area contributed by atoms with Crippen molar-refractivity contribution in [3.8, 4) is 0 Å². The summed E-state index contributed by atoms with van der Waals surface area (Å²) in [6.07, 6.45) is 9.80. The van der Waals surface area contributed by atoms with Crippen LogP contribution in [-0.2, 0) is 23.8 Å². The fourth-order valence-corrected chi connectivity index (χ4v) is 4.90. The predicted molar refractivity (Wildman–Crippen MR) is 142 cm³/mol. The second-order valence-electron chi connectivity index (χ2n) is 10.7. The Kier molecular flexibility index (Phi) is 13.2. The fourth-order valence-electron chi connectivity index (χ4n) is 4.90. The fraction of sp³-hybridized carbons (Fsp3) is 0.667. The Balaban J connectivity index is 1.85. The molecule has 0 amide bonds. The zero-order chi connectivity index (χ0) is 28.1. The van der Waals surface area contributed by atoms with Crippen LogP contribution in [0.1, 0.15) is 78.1 Å². The Morgan fingerprint density at radius 3 is 2.32 bits per heavy atom. The maximum absolute atomic E-state index is 15.0. The molecule has 0 heterocycles. The van der Waals surface area contributed by atoms with Crippen LogP contribution in [0.3, 0.4) is 0 Å². The van der Waals surface area contributed by atoms with Crippen molar-refractivity contribution in [2.75, 3.05) is 19.8 Å². The van der Waals surface area contributed by atoms with Crippen LogP contribution < -0.4 is 0 Å². The van der Waals surface area contributed by atoms with Gasteiger partial charge in [-0.1, -0.05) is 45.4 Å². The Morgan fingerprint density at radius 2 is 1.76 bits per heavy atom. The number of alkyl halides is 2. The van der Waals surface area contributed by atoms with Crippen LogP contribution in [0.4, 0.5) is 8.78 Å². The Morgan fingerprint density at radius 1 is 1.11 bits per heavy atom. The molecule has 8 heteroatoms. The van der Waals surface area contributed by atoms with Crippen molar-refractivity contribution < 1.29 is 37.7 Å². The first-order valence-corrected chi connectivity index (χ1v) is 13.8. The molecule has 6 nitrogen and oxygen atoms in total. The van der Waals surface area contributed by atoms with E-state index in [0.29, 0.717) is 38.0 Å². The van der Waals surface area contributed by atoms with Gasteiger partial charge in [0.25, 0.3) is 0 Å². The number of aliphatic hydroxyl groups excluding tert-OH is 1. The van der Waals surface area contributed by atoms with Gasteiger partial charge in [0.15, 0.2) is 0 Å². The number of hydrogen-bond acceptors (Lipinski definition) is 6. The van der Waals surface area contributed by atoms with E-state index in [1.165, 1.54) is 13.3 Å². The van der Waals surface area contributed by atoms with Crippen molar-refractivity contribution in [1.82, 2.24) is 0 Å². The average molecular weight is 539 g/mol. The molecule has 1 saturated carbocycles. The van der Waals surface area contributed by atoms with Gasteiger partial charge in [0.05, 0.1) is 31.3 Å². The summed E-state index contributed by atoms with van der Waals surface area (Å²) < 4.78 is 45.6. The number of hydrogen-bond donors (Lipinski definition) is 1. The third-order valence-corrected chi connectivity index (χ3v) is 7.30. The Labute approximate surface area is 225 Å². The van der Waals surface area contributed by atoms with Gasteiger partial charge in [0, 0.05) is 11.5 Å². The molecule has 2 aliphatic carbocycles. The molecule has 0 aromatic carbocycles. The van der Waals surface area contributed by atoms with Crippen molar-refractivity contribution in [3.63, 3.8) is 0 Å². The lowest BCUT2D eigenvalue weighted by Gasteiger charge is -2.35. The number of halogens is 2. The lowest BCUT2D eigenvalue weighted by molar-refractivity contribution is -0.254. The van der Waals surface area contributed by atoms with Crippen LogP contribution in [0.25, 0.3) is 0 Å². The van der Waals surface area contributed by atoms with Crippen LogP contribution in [0.15, 0.2) is 48.3 Å². The smallest absolute Gasteiger partial charge is 0.400 e. The first-order chi connectivity index (χ1) is 18.1. The topological polar surface area (TPSA) is 82.1 Å². The number of aliphatic hydroxyl groups is 1. The minimum Gasteiger partial charge on any atom is -0.462 e. The monoisotopic (exact) mass is 538 g/mol. The van der Waals surface area contributed by atoms with E-state index >= 15 is 0 Å². The molecule has 2 atom stereocenters. The van der Waals surface area contributed by atoms with E-state index in [2.05, 4.69) is 20.1 Å². The summed E-state index contributed by atoms with van der Waals surface area (Å²) in [4.78, 5) is 23.7. The molecule has 1 fully saturated rings. The van der Waals surface area contributed by atoms with Crippen molar-refractivity contribution in [3.05, 3.63) is 48.3 Å². The van der Waals surface area contributed by atoms with Gasteiger partial charge in [0.2, 0.25) is 0 Å². The van der Waals surface area contributed by atoms with Gasteiger partial charge in [-0.2, -0.15) is 8.78 Å². The number of carbonyl (C=O) groups excluding carboxylic acids is 2. The zero-order valence-corrected chi connectivity index (χ0v) is 22.9. The van der Waals surface area contributed by atoms with E-state index in [-0.39, 0.29) is 42.0 Å². The third-order valence-electron chi connectivity index (χ3n) is 7.30. The molecule has 214 valence electrons. The van der Waals surface area contributed by atoms with Gasteiger partial charge in [-0.3, -0.25) is 0 Å². The summed E-state index contributed by atoms with van der Waals surface area (Å²) >= 11 is 0. The SMILES string of the molecule is C=C(C)C(=O)OCC(COC(=O)C(=C)CO)CC1CCC(C(F)(F)OC2=CCC(CCCCC)C=C2)CC1. The number of allylic oxidation sites excluding steroid dienone is 3. The second-order valence-corrected chi connectivity index (χ2v) is 10.7. The highest BCUT2D eigenvalue weighted by Crippen LogP contribution is 2.42. The summed E-state index contributed by atoms with van der Waals surface area (Å²) in [5, 5.41) is 9.06. The standard InChI is InChI=1S/C30H44F2O6/c1-5-6-7-8-23-11-15-27(16-12-23)38-30(31,32)26-13-9-24(10-14-26)17-25(19-36-28(34)21(2)3)20-37-29(35)22(4)18-33/h11,15-16,23-26,33H,2,4-10,12-14,17-20H2,1,3H3. The van der Waals surface area contributed by atoms with E-state index < -0.39 is 30.6 Å². The number of esters is 2. The van der Waals surface area contributed by atoms with Crippen LogP contribution >= 0.6 is 0 Å². The highest BCUT2D eigenvalue weighted by Gasteiger charge is 2.44. The van der Waals surface area contributed by atoms with Gasteiger partial charge < -0.3 is 19.3 Å². The first kappa shape index (κ1) is 31.7. The van der Waals surface area contributed by atoms with Crippen molar-refractivity contribution in [2.45, 2.75) is 84.2 Å². The molecule has 2 aliphatic rings. The van der Waals surface area contributed by atoms with E-state index in [9.17, 15) is 18.4 Å². The minimum absolute atomic E-state index is 0.0176. The molecule has 2 unspecified atom stereocenters. The Hall–Kier alpha value is -2.48. The van der Waals surface area contributed by atoms with Crippen molar-refractivity contribution in [1.29, 1.82) is 0 Å². The molecular weight excluding hydrogens is 494 g/mol. The van der Waals surface area contributed by atoms with Gasteiger partial charge in [-0.05, 0) is 75.9 Å². The minimum atomic E-state index is -3.24. The van der Waals surface area contributed by atoms with Crippen molar-refractivity contribution in [2.24, 2.45) is 23.7 Å². The second kappa shape index (κ2) is 15.8. The van der Waals surface area contributed by atoms with E-state index in [0.717, 1.165) is 25.7 Å². The van der Waals surface area contributed by atoms with Crippen LogP contribution in [0, 0.1) is 23.7 Å². The zero-order valence-electron chi connectivity index (χ0n) is 22.9. The quantitative estimate of drug-likeness (QED) is 0.134. The molecule has 0 spiro atoms. The van der Waals surface area contributed by atoms with E-state index in [1.807, 2.05) is 6.08 Å². The molecule has 1 N–H and O–H groups in total. The van der Waals surface area contributed by atoms with Crippen LogP contribution in [0.5, 0.6) is 0 Å². The summed E-state index contributed by atoms with van der Waals surface area (Å²) in [5.74, 6) is -1.69. The van der Waals surface area contributed by atoms with E-state index in [4.69, 9.17) is 19.3 Å². The number of unbranched alkanes of at least 4 members (excludes halogenated alkanes) is 2. The van der Waals surface area contributed by atoms with Gasteiger partial charge in [0.1, 0.15) is 5.76 Å². The van der Waals surface area contributed by atoms with E-state index in [1.54, 1.807) is 12.2 Å². The highest BCUT2D eigenvalue weighted by molar-refractivity contribution is 5.88. The molecule has 0 radical (unpaired) electrons. The summed E-state index contributed by atoms with van der Waals surface area (Å²) in [7, 11) is 0. The van der Waals surface area contributed by atoms with Gasteiger partial charge in [-0.25, -0.2) is 9.59 Å².